The molecule has 1 aromatic carbocycles. The van der Waals surface area contributed by atoms with E-state index in [0.29, 0.717) is 26.1 Å². The quantitative estimate of drug-likeness (QED) is 0.855. The van der Waals surface area contributed by atoms with Crippen LogP contribution in [0.3, 0.4) is 0 Å². The van der Waals surface area contributed by atoms with Gasteiger partial charge in [-0.1, -0.05) is 18.2 Å². The second-order valence-corrected chi connectivity index (χ2v) is 5.37. The molecule has 1 unspecified atom stereocenters. The molecule has 4 nitrogen and oxygen atoms in total. The van der Waals surface area contributed by atoms with Crippen LogP contribution in [0.15, 0.2) is 24.3 Å². The molecule has 0 radical (unpaired) electrons. The maximum atomic E-state index is 13.7. The Bertz CT molecular complexity index is 473. The van der Waals surface area contributed by atoms with E-state index in [9.17, 15) is 9.18 Å². The van der Waals surface area contributed by atoms with Gasteiger partial charge in [-0.15, -0.1) is 0 Å². The summed E-state index contributed by atoms with van der Waals surface area (Å²) in [4.78, 5) is 15.7. The van der Waals surface area contributed by atoms with E-state index in [0.717, 1.165) is 18.7 Å². The number of hydrogen-bond acceptors (Lipinski definition) is 3. The van der Waals surface area contributed by atoms with Crippen LogP contribution in [0.1, 0.15) is 19.4 Å². The second-order valence-electron chi connectivity index (χ2n) is 5.37. The third kappa shape index (κ3) is 4.17. The highest BCUT2D eigenvalue weighted by molar-refractivity contribution is 5.67. The van der Waals surface area contributed by atoms with Crippen molar-refractivity contribution < 1.29 is 13.9 Å². The predicted octanol–water partition coefficient (Wildman–Crippen LogP) is 2.53. The van der Waals surface area contributed by atoms with Crippen LogP contribution >= 0.6 is 0 Å². The van der Waals surface area contributed by atoms with Crippen molar-refractivity contribution in [2.75, 3.05) is 32.8 Å². The average Bonchev–Trinajstić information content (AvgIpc) is 2.50. The minimum Gasteiger partial charge on any atom is -0.450 e. The van der Waals surface area contributed by atoms with Crippen molar-refractivity contribution >= 4 is 6.09 Å². The molecule has 1 amide bonds. The minimum absolute atomic E-state index is 0.144. The van der Waals surface area contributed by atoms with Gasteiger partial charge >= 0.3 is 6.09 Å². The summed E-state index contributed by atoms with van der Waals surface area (Å²) in [6.07, 6.45) is 0.449. The molecule has 0 bridgehead atoms. The highest BCUT2D eigenvalue weighted by Crippen LogP contribution is 2.14. The van der Waals surface area contributed by atoms with Gasteiger partial charge in [0.2, 0.25) is 0 Å². The van der Waals surface area contributed by atoms with Gasteiger partial charge in [-0.25, -0.2) is 9.18 Å². The van der Waals surface area contributed by atoms with Crippen molar-refractivity contribution in [2.24, 2.45) is 0 Å². The maximum Gasteiger partial charge on any atom is 0.409 e. The molecule has 116 valence electrons. The third-order valence-electron chi connectivity index (χ3n) is 3.94. The van der Waals surface area contributed by atoms with E-state index in [-0.39, 0.29) is 18.0 Å². The first-order chi connectivity index (χ1) is 10.1. The average molecular weight is 294 g/mol. The van der Waals surface area contributed by atoms with Crippen LogP contribution in [0.2, 0.25) is 0 Å². The molecule has 0 aromatic heterocycles. The zero-order valence-electron chi connectivity index (χ0n) is 12.7. The number of rotatable bonds is 4. The van der Waals surface area contributed by atoms with Crippen molar-refractivity contribution in [1.82, 2.24) is 9.80 Å². The first kappa shape index (κ1) is 15.8. The number of benzene rings is 1. The van der Waals surface area contributed by atoms with E-state index >= 15 is 0 Å². The summed E-state index contributed by atoms with van der Waals surface area (Å²) in [5.41, 5.74) is 0.748. The van der Waals surface area contributed by atoms with Crippen LogP contribution in [0, 0.1) is 5.82 Å². The summed E-state index contributed by atoms with van der Waals surface area (Å²) in [5.74, 6) is -0.144. The van der Waals surface area contributed by atoms with Crippen molar-refractivity contribution in [3.8, 4) is 0 Å². The Morgan fingerprint density at radius 3 is 2.57 bits per heavy atom. The molecule has 1 saturated heterocycles. The molecule has 0 saturated carbocycles. The van der Waals surface area contributed by atoms with Crippen LogP contribution in [0.4, 0.5) is 9.18 Å². The smallest absolute Gasteiger partial charge is 0.409 e. The molecule has 1 fully saturated rings. The minimum atomic E-state index is -0.237. The molecule has 2 rings (SSSR count). The van der Waals surface area contributed by atoms with Gasteiger partial charge in [0.05, 0.1) is 6.61 Å². The number of carbonyl (C=O) groups is 1. The van der Waals surface area contributed by atoms with Gasteiger partial charge in [0.25, 0.3) is 0 Å². The van der Waals surface area contributed by atoms with Crippen LogP contribution < -0.4 is 0 Å². The zero-order chi connectivity index (χ0) is 15.2. The molecule has 1 aromatic rings. The largest absolute Gasteiger partial charge is 0.450 e. The monoisotopic (exact) mass is 294 g/mol. The molecule has 1 aliphatic rings. The van der Waals surface area contributed by atoms with E-state index in [1.165, 1.54) is 6.07 Å². The van der Waals surface area contributed by atoms with Gasteiger partial charge in [-0.05, 0) is 31.9 Å². The Kier molecular flexibility index (Phi) is 5.56. The van der Waals surface area contributed by atoms with Gasteiger partial charge in [-0.2, -0.15) is 0 Å². The van der Waals surface area contributed by atoms with Gasteiger partial charge in [-0.3, -0.25) is 4.90 Å². The molecule has 1 atom stereocenters. The number of halogens is 1. The molecule has 5 heteroatoms. The standard InChI is InChI=1S/C16H23FN2O2/c1-3-21-16(20)19-10-8-18(9-11-19)13(2)12-14-6-4-5-7-15(14)17/h4-7,13H,3,8-12H2,1-2H3. The van der Waals surface area contributed by atoms with E-state index < -0.39 is 0 Å². The van der Waals surface area contributed by atoms with Gasteiger partial charge < -0.3 is 9.64 Å². The second kappa shape index (κ2) is 7.41. The number of carbonyl (C=O) groups excluding carboxylic acids is 1. The van der Waals surface area contributed by atoms with Crippen molar-refractivity contribution in [2.45, 2.75) is 26.3 Å². The third-order valence-corrected chi connectivity index (χ3v) is 3.94. The van der Waals surface area contributed by atoms with Gasteiger partial charge in [0.1, 0.15) is 5.82 Å². The van der Waals surface area contributed by atoms with Crippen molar-refractivity contribution in [3.05, 3.63) is 35.6 Å². The summed E-state index contributed by atoms with van der Waals surface area (Å²) < 4.78 is 18.7. The fraction of sp³-hybridized carbons (Fsp3) is 0.562. The molecule has 1 aliphatic heterocycles. The van der Waals surface area contributed by atoms with Gasteiger partial charge in [0, 0.05) is 32.2 Å². The van der Waals surface area contributed by atoms with Crippen LogP contribution in [-0.4, -0.2) is 54.7 Å². The number of ether oxygens (including phenoxy) is 1. The summed E-state index contributed by atoms with van der Waals surface area (Å²) in [6.45, 7) is 7.25. The number of nitrogens with zero attached hydrogens (tertiary/aromatic N) is 2. The maximum absolute atomic E-state index is 13.7. The normalized spacial score (nSPS) is 17.6. The van der Waals surface area contributed by atoms with Crippen LogP contribution in [0.5, 0.6) is 0 Å². The Labute approximate surface area is 125 Å². The topological polar surface area (TPSA) is 32.8 Å². The van der Waals surface area contributed by atoms with E-state index in [1.807, 2.05) is 19.1 Å². The Balaban J connectivity index is 1.84. The first-order valence-corrected chi connectivity index (χ1v) is 7.51. The van der Waals surface area contributed by atoms with Crippen LogP contribution in [0.25, 0.3) is 0 Å². The molecule has 21 heavy (non-hydrogen) atoms. The Morgan fingerprint density at radius 1 is 1.29 bits per heavy atom. The van der Waals surface area contributed by atoms with Gasteiger partial charge in [0.15, 0.2) is 0 Å². The molecular weight excluding hydrogens is 271 g/mol. The van der Waals surface area contributed by atoms with E-state index in [2.05, 4.69) is 11.8 Å². The number of hydrogen-bond donors (Lipinski definition) is 0. The summed E-state index contributed by atoms with van der Waals surface area (Å²) in [6, 6.07) is 7.17. The first-order valence-electron chi connectivity index (χ1n) is 7.51. The van der Waals surface area contributed by atoms with Crippen molar-refractivity contribution in [3.63, 3.8) is 0 Å². The molecular formula is C16H23FN2O2. The predicted molar refractivity (Wildman–Crippen MR) is 79.7 cm³/mol. The van der Waals surface area contributed by atoms with E-state index in [4.69, 9.17) is 4.74 Å². The highest BCUT2D eigenvalue weighted by atomic mass is 19.1. The summed E-state index contributed by atoms with van der Waals surface area (Å²) in [7, 11) is 0. The lowest BCUT2D eigenvalue weighted by Gasteiger charge is -2.37. The molecule has 0 aliphatic carbocycles. The summed E-state index contributed by atoms with van der Waals surface area (Å²) >= 11 is 0. The molecule has 0 N–H and O–H groups in total. The zero-order valence-corrected chi connectivity index (χ0v) is 12.7. The lowest BCUT2D eigenvalue weighted by molar-refractivity contribution is 0.0686. The summed E-state index contributed by atoms with van der Waals surface area (Å²) in [5, 5.41) is 0. The number of amides is 1. The Hall–Kier alpha value is -1.62. The SMILES string of the molecule is CCOC(=O)N1CCN(C(C)Cc2ccccc2F)CC1. The molecule has 1 heterocycles. The highest BCUT2D eigenvalue weighted by Gasteiger charge is 2.25. The lowest BCUT2D eigenvalue weighted by atomic mass is 10.0. The lowest BCUT2D eigenvalue weighted by Crippen LogP contribution is -2.51. The number of piperazine rings is 1. The van der Waals surface area contributed by atoms with Crippen molar-refractivity contribution in [1.29, 1.82) is 0 Å². The Morgan fingerprint density at radius 2 is 1.95 bits per heavy atom. The molecule has 0 spiro atoms. The fourth-order valence-corrected chi connectivity index (χ4v) is 2.67. The fourth-order valence-electron chi connectivity index (χ4n) is 2.67. The van der Waals surface area contributed by atoms with Crippen LogP contribution in [-0.2, 0) is 11.2 Å². The van der Waals surface area contributed by atoms with E-state index in [1.54, 1.807) is 11.0 Å².